The molecule has 3 heteroatoms. The number of amides is 1. The highest BCUT2D eigenvalue weighted by atomic mass is 32.2. The molecule has 0 unspecified atom stereocenters. The minimum Gasteiger partial charge on any atom is -0.349 e. The Morgan fingerprint density at radius 2 is 2.06 bits per heavy atom. The molecular formula is C15H21NOS. The van der Waals surface area contributed by atoms with E-state index in [-0.39, 0.29) is 5.91 Å². The summed E-state index contributed by atoms with van der Waals surface area (Å²) in [5, 5.41) is 3.16. The molecule has 0 saturated heterocycles. The maximum atomic E-state index is 12.3. The SMILES string of the molecule is CCCSc1ccccc1C(=O)NC1CCCC1. The zero-order valence-corrected chi connectivity index (χ0v) is 11.8. The van der Waals surface area contributed by atoms with Crippen LogP contribution in [0.5, 0.6) is 0 Å². The van der Waals surface area contributed by atoms with Crippen molar-refractivity contribution in [2.24, 2.45) is 0 Å². The third kappa shape index (κ3) is 3.52. The van der Waals surface area contributed by atoms with Gasteiger partial charge in [0.2, 0.25) is 0 Å². The van der Waals surface area contributed by atoms with E-state index in [1.807, 2.05) is 24.3 Å². The Morgan fingerprint density at radius 3 is 2.78 bits per heavy atom. The first-order chi connectivity index (χ1) is 8.81. The molecule has 1 N–H and O–H groups in total. The molecule has 0 atom stereocenters. The fourth-order valence-corrected chi connectivity index (χ4v) is 3.24. The van der Waals surface area contributed by atoms with Gasteiger partial charge in [0, 0.05) is 10.9 Å². The van der Waals surface area contributed by atoms with E-state index in [0.29, 0.717) is 6.04 Å². The first-order valence-electron chi connectivity index (χ1n) is 6.84. The third-order valence-electron chi connectivity index (χ3n) is 3.28. The van der Waals surface area contributed by atoms with Crippen molar-refractivity contribution < 1.29 is 4.79 Å². The maximum absolute atomic E-state index is 12.3. The highest BCUT2D eigenvalue weighted by Gasteiger charge is 2.19. The van der Waals surface area contributed by atoms with Gasteiger partial charge in [0.1, 0.15) is 0 Å². The second kappa shape index (κ2) is 6.83. The number of thioether (sulfide) groups is 1. The number of carbonyl (C=O) groups excluding carboxylic acids is 1. The van der Waals surface area contributed by atoms with Gasteiger partial charge in [-0.3, -0.25) is 4.79 Å². The van der Waals surface area contributed by atoms with Gasteiger partial charge in [-0.2, -0.15) is 0 Å². The molecule has 1 aliphatic rings. The summed E-state index contributed by atoms with van der Waals surface area (Å²) in [6.45, 7) is 2.16. The molecule has 0 spiro atoms. The van der Waals surface area contributed by atoms with E-state index >= 15 is 0 Å². The fraction of sp³-hybridized carbons (Fsp3) is 0.533. The number of hydrogen-bond donors (Lipinski definition) is 1. The standard InChI is InChI=1S/C15H21NOS/c1-2-11-18-14-10-6-5-9-13(14)15(17)16-12-7-3-4-8-12/h5-6,9-10,12H,2-4,7-8,11H2,1H3,(H,16,17). The molecule has 1 aromatic rings. The summed E-state index contributed by atoms with van der Waals surface area (Å²) in [6.07, 6.45) is 5.89. The number of hydrogen-bond acceptors (Lipinski definition) is 2. The van der Waals surface area contributed by atoms with E-state index in [2.05, 4.69) is 12.2 Å². The topological polar surface area (TPSA) is 29.1 Å². The molecule has 0 aliphatic heterocycles. The highest BCUT2D eigenvalue weighted by Crippen LogP contribution is 2.24. The normalized spacial score (nSPS) is 15.8. The maximum Gasteiger partial charge on any atom is 0.252 e. The monoisotopic (exact) mass is 263 g/mol. The van der Waals surface area contributed by atoms with Gasteiger partial charge in [0.05, 0.1) is 5.56 Å². The average molecular weight is 263 g/mol. The number of rotatable bonds is 5. The summed E-state index contributed by atoms with van der Waals surface area (Å²) < 4.78 is 0. The molecule has 1 saturated carbocycles. The van der Waals surface area contributed by atoms with Crippen LogP contribution in [0.25, 0.3) is 0 Å². The van der Waals surface area contributed by atoms with E-state index in [1.165, 1.54) is 12.8 Å². The van der Waals surface area contributed by atoms with Crippen molar-refractivity contribution >= 4 is 17.7 Å². The van der Waals surface area contributed by atoms with Crippen molar-refractivity contribution in [2.45, 2.75) is 50.0 Å². The van der Waals surface area contributed by atoms with Crippen molar-refractivity contribution in [3.05, 3.63) is 29.8 Å². The Morgan fingerprint density at radius 1 is 1.33 bits per heavy atom. The van der Waals surface area contributed by atoms with Crippen LogP contribution in [-0.2, 0) is 0 Å². The molecule has 2 rings (SSSR count). The number of carbonyl (C=O) groups is 1. The lowest BCUT2D eigenvalue weighted by Crippen LogP contribution is -2.32. The van der Waals surface area contributed by atoms with E-state index in [0.717, 1.165) is 35.5 Å². The Kier molecular flexibility index (Phi) is 5.12. The van der Waals surface area contributed by atoms with Crippen LogP contribution < -0.4 is 5.32 Å². The molecule has 0 bridgehead atoms. The summed E-state index contributed by atoms with van der Waals surface area (Å²) in [7, 11) is 0. The molecule has 1 aromatic carbocycles. The molecule has 0 heterocycles. The first-order valence-corrected chi connectivity index (χ1v) is 7.82. The molecule has 1 fully saturated rings. The molecule has 18 heavy (non-hydrogen) atoms. The summed E-state index contributed by atoms with van der Waals surface area (Å²) in [5.41, 5.74) is 0.836. The number of benzene rings is 1. The summed E-state index contributed by atoms with van der Waals surface area (Å²) in [5.74, 6) is 1.16. The molecule has 0 aromatic heterocycles. The molecule has 1 aliphatic carbocycles. The second-order valence-electron chi connectivity index (χ2n) is 4.80. The first kappa shape index (κ1) is 13.5. The van der Waals surface area contributed by atoms with Crippen LogP contribution in [0.3, 0.4) is 0 Å². The van der Waals surface area contributed by atoms with Gasteiger partial charge >= 0.3 is 0 Å². The lowest BCUT2D eigenvalue weighted by Gasteiger charge is -2.14. The predicted molar refractivity (Wildman–Crippen MR) is 77.2 cm³/mol. The average Bonchev–Trinajstić information content (AvgIpc) is 2.89. The van der Waals surface area contributed by atoms with Gasteiger partial charge < -0.3 is 5.32 Å². The van der Waals surface area contributed by atoms with Gasteiger partial charge in [-0.25, -0.2) is 0 Å². The number of nitrogens with one attached hydrogen (secondary N) is 1. The second-order valence-corrected chi connectivity index (χ2v) is 5.94. The van der Waals surface area contributed by atoms with Gasteiger partial charge in [0.25, 0.3) is 5.91 Å². The van der Waals surface area contributed by atoms with E-state index < -0.39 is 0 Å². The van der Waals surface area contributed by atoms with Crippen molar-refractivity contribution in [3.63, 3.8) is 0 Å². The molecule has 98 valence electrons. The Balaban J connectivity index is 2.03. The van der Waals surface area contributed by atoms with Crippen molar-refractivity contribution in [1.82, 2.24) is 5.32 Å². The van der Waals surface area contributed by atoms with E-state index in [9.17, 15) is 4.79 Å². The molecule has 0 radical (unpaired) electrons. The predicted octanol–water partition coefficient (Wildman–Crippen LogP) is 3.86. The van der Waals surface area contributed by atoms with Crippen molar-refractivity contribution in [3.8, 4) is 0 Å². The van der Waals surface area contributed by atoms with Gasteiger partial charge in [-0.05, 0) is 37.1 Å². The van der Waals surface area contributed by atoms with Gasteiger partial charge in [-0.1, -0.05) is 31.9 Å². The van der Waals surface area contributed by atoms with Crippen LogP contribution in [0.2, 0.25) is 0 Å². The summed E-state index contributed by atoms with van der Waals surface area (Å²) in [4.78, 5) is 13.4. The third-order valence-corrected chi connectivity index (χ3v) is 4.56. The summed E-state index contributed by atoms with van der Waals surface area (Å²) in [6, 6.07) is 8.32. The van der Waals surface area contributed by atoms with Crippen LogP contribution in [0, 0.1) is 0 Å². The van der Waals surface area contributed by atoms with Crippen molar-refractivity contribution in [1.29, 1.82) is 0 Å². The van der Waals surface area contributed by atoms with Gasteiger partial charge in [-0.15, -0.1) is 11.8 Å². The fourth-order valence-electron chi connectivity index (χ4n) is 2.33. The van der Waals surface area contributed by atoms with Gasteiger partial charge in [0.15, 0.2) is 0 Å². The molecule has 2 nitrogen and oxygen atoms in total. The molecular weight excluding hydrogens is 242 g/mol. The van der Waals surface area contributed by atoms with E-state index in [4.69, 9.17) is 0 Å². The Bertz CT molecular complexity index is 399. The summed E-state index contributed by atoms with van der Waals surface area (Å²) >= 11 is 1.77. The Labute approximate surface area is 114 Å². The minimum absolute atomic E-state index is 0.0982. The lowest BCUT2D eigenvalue weighted by atomic mass is 10.2. The lowest BCUT2D eigenvalue weighted by molar-refractivity contribution is 0.0935. The van der Waals surface area contributed by atoms with Crippen molar-refractivity contribution in [2.75, 3.05) is 5.75 Å². The van der Waals surface area contributed by atoms with Crippen LogP contribution in [0.4, 0.5) is 0 Å². The van der Waals surface area contributed by atoms with Crippen LogP contribution in [0.15, 0.2) is 29.2 Å². The largest absolute Gasteiger partial charge is 0.349 e. The quantitative estimate of drug-likeness (QED) is 0.817. The molecule has 1 amide bonds. The zero-order chi connectivity index (χ0) is 12.8. The zero-order valence-electron chi connectivity index (χ0n) is 10.9. The smallest absolute Gasteiger partial charge is 0.252 e. The minimum atomic E-state index is 0.0982. The Hall–Kier alpha value is -0.960. The highest BCUT2D eigenvalue weighted by molar-refractivity contribution is 7.99. The van der Waals surface area contributed by atoms with Crippen LogP contribution >= 0.6 is 11.8 Å². The van der Waals surface area contributed by atoms with Crippen LogP contribution in [-0.4, -0.2) is 17.7 Å². The van der Waals surface area contributed by atoms with Crippen LogP contribution in [0.1, 0.15) is 49.4 Å². The van der Waals surface area contributed by atoms with E-state index in [1.54, 1.807) is 11.8 Å².